The molecule has 3 aromatic heterocycles. The molecule has 1 N–H and O–H groups in total. The van der Waals surface area contributed by atoms with Crippen molar-refractivity contribution < 1.29 is 4.79 Å². The highest BCUT2D eigenvalue weighted by Gasteiger charge is 2.18. The molecule has 5 aromatic rings. The second kappa shape index (κ2) is 8.82. The average Bonchev–Trinajstić information content (AvgIpc) is 3.49. The van der Waals surface area contributed by atoms with E-state index in [1.165, 1.54) is 22.7 Å². The van der Waals surface area contributed by atoms with E-state index in [2.05, 4.69) is 20.6 Å². The Kier molecular flexibility index (Phi) is 5.73. The maximum atomic E-state index is 12.9. The van der Waals surface area contributed by atoms with E-state index >= 15 is 0 Å². The number of nitrogens with one attached hydrogen (secondary N) is 1. The Hall–Kier alpha value is -3.07. The van der Waals surface area contributed by atoms with Crippen molar-refractivity contribution in [3.63, 3.8) is 0 Å². The number of carbonyl (C=O) groups is 1. The summed E-state index contributed by atoms with van der Waals surface area (Å²) in [7, 11) is 0. The number of benzene rings is 2. The highest BCUT2D eigenvalue weighted by atomic mass is 35.5. The minimum atomic E-state index is -0.189. The molecule has 0 aliphatic carbocycles. The molecule has 0 bridgehead atoms. The van der Waals surface area contributed by atoms with Gasteiger partial charge in [0, 0.05) is 16.8 Å². The number of carbonyl (C=O) groups excluding carboxylic acids is 1. The van der Waals surface area contributed by atoms with E-state index in [1.807, 2.05) is 72.3 Å². The number of aromatic nitrogens is 4. The van der Waals surface area contributed by atoms with Gasteiger partial charge in [-0.2, -0.15) is 5.10 Å². The Labute approximate surface area is 197 Å². The summed E-state index contributed by atoms with van der Waals surface area (Å²) in [6.45, 7) is 2.57. The van der Waals surface area contributed by atoms with Gasteiger partial charge in [0.2, 0.25) is 5.13 Å². The quantitative estimate of drug-likeness (QED) is 0.334. The predicted molar refractivity (Wildman–Crippen MR) is 130 cm³/mol. The molecule has 0 unspecified atom stereocenters. The van der Waals surface area contributed by atoms with Crippen LogP contribution >= 0.6 is 34.3 Å². The summed E-state index contributed by atoms with van der Waals surface area (Å²) >= 11 is 8.80. The third-order valence-corrected chi connectivity index (χ3v) is 7.20. The van der Waals surface area contributed by atoms with Crippen LogP contribution in [0.5, 0.6) is 0 Å². The van der Waals surface area contributed by atoms with E-state index in [9.17, 15) is 4.79 Å². The lowest BCUT2D eigenvalue weighted by Gasteiger charge is -2.03. The average molecular weight is 480 g/mol. The van der Waals surface area contributed by atoms with Gasteiger partial charge in [-0.15, -0.1) is 21.5 Å². The maximum Gasteiger partial charge on any atom is 0.267 e. The molecule has 0 aliphatic heterocycles. The van der Waals surface area contributed by atoms with Crippen molar-refractivity contribution in [1.29, 1.82) is 0 Å². The van der Waals surface area contributed by atoms with Crippen LogP contribution in [0.2, 0.25) is 5.02 Å². The lowest BCUT2D eigenvalue weighted by molar-refractivity contribution is 0.103. The Morgan fingerprint density at radius 3 is 2.59 bits per heavy atom. The topological polar surface area (TPSA) is 72.7 Å². The first-order chi connectivity index (χ1) is 15.5. The molecule has 0 fully saturated rings. The van der Waals surface area contributed by atoms with Gasteiger partial charge in [0.05, 0.1) is 17.1 Å². The van der Waals surface area contributed by atoms with Gasteiger partial charge in [-0.05, 0) is 36.2 Å². The van der Waals surface area contributed by atoms with Crippen LogP contribution < -0.4 is 5.32 Å². The maximum absolute atomic E-state index is 12.9. The number of hydrogen-bond acceptors (Lipinski definition) is 6. The molecule has 6 nitrogen and oxygen atoms in total. The number of hydrogen-bond donors (Lipinski definition) is 1. The summed E-state index contributed by atoms with van der Waals surface area (Å²) in [5.74, 6) is -0.189. The molecular formula is C23H18ClN5OS2. The highest BCUT2D eigenvalue weighted by molar-refractivity contribution is 7.20. The predicted octanol–water partition coefficient (Wildman–Crippen LogP) is 5.80. The number of anilines is 1. The Morgan fingerprint density at radius 1 is 1.03 bits per heavy atom. The van der Waals surface area contributed by atoms with E-state index in [0.29, 0.717) is 28.0 Å². The summed E-state index contributed by atoms with van der Waals surface area (Å²) in [6.07, 6.45) is 0.691. The fourth-order valence-corrected chi connectivity index (χ4v) is 5.35. The van der Waals surface area contributed by atoms with E-state index in [-0.39, 0.29) is 5.91 Å². The van der Waals surface area contributed by atoms with Gasteiger partial charge in [0.15, 0.2) is 0 Å². The zero-order valence-electron chi connectivity index (χ0n) is 17.1. The number of rotatable bonds is 6. The molecule has 0 atom stereocenters. The van der Waals surface area contributed by atoms with Gasteiger partial charge >= 0.3 is 0 Å². The van der Waals surface area contributed by atoms with Crippen LogP contribution in [0.25, 0.3) is 10.2 Å². The zero-order valence-corrected chi connectivity index (χ0v) is 19.5. The van der Waals surface area contributed by atoms with Crippen LogP contribution in [0, 0.1) is 6.92 Å². The third-order valence-electron chi connectivity index (χ3n) is 4.96. The normalized spacial score (nSPS) is 11.2. The monoisotopic (exact) mass is 479 g/mol. The molecule has 0 saturated heterocycles. The van der Waals surface area contributed by atoms with Gasteiger partial charge in [-0.25, -0.2) is 0 Å². The second-order valence-corrected chi connectivity index (χ2v) is 9.85. The molecule has 32 heavy (non-hydrogen) atoms. The van der Waals surface area contributed by atoms with E-state index < -0.39 is 0 Å². The van der Waals surface area contributed by atoms with Crippen LogP contribution in [-0.2, 0) is 13.0 Å². The van der Waals surface area contributed by atoms with Gasteiger partial charge in [0.25, 0.3) is 5.91 Å². The van der Waals surface area contributed by atoms with Crippen molar-refractivity contribution in [1.82, 2.24) is 20.0 Å². The van der Waals surface area contributed by atoms with Crippen LogP contribution in [-0.4, -0.2) is 25.9 Å². The van der Waals surface area contributed by atoms with Crippen LogP contribution in [0.3, 0.4) is 0 Å². The van der Waals surface area contributed by atoms with Gasteiger partial charge in [-0.3, -0.25) is 14.8 Å². The summed E-state index contributed by atoms with van der Waals surface area (Å²) in [5.41, 5.74) is 3.15. The van der Waals surface area contributed by atoms with Crippen LogP contribution in [0.15, 0.2) is 60.7 Å². The molecule has 160 valence electrons. The van der Waals surface area contributed by atoms with E-state index in [4.69, 9.17) is 11.6 Å². The number of amides is 1. The minimum Gasteiger partial charge on any atom is -0.296 e. The largest absolute Gasteiger partial charge is 0.296 e. The van der Waals surface area contributed by atoms with E-state index in [0.717, 1.165) is 32.0 Å². The number of nitrogens with zero attached hydrogens (tertiary/aromatic N) is 4. The minimum absolute atomic E-state index is 0.189. The second-order valence-electron chi connectivity index (χ2n) is 7.32. The summed E-state index contributed by atoms with van der Waals surface area (Å²) < 4.78 is 1.93. The van der Waals surface area contributed by atoms with Gasteiger partial charge in [-0.1, -0.05) is 65.4 Å². The molecule has 0 aliphatic rings. The SMILES string of the molecule is Cc1nn(Cc2ccc(Cl)cc2)c2sc(C(=O)Nc3nnc(Cc4ccccc4)s3)cc12. The number of aryl methyl sites for hydroxylation is 1. The highest BCUT2D eigenvalue weighted by Crippen LogP contribution is 2.30. The standard InChI is InChI=1S/C23H18ClN5OS2/c1-14-18-12-19(31-22(18)29(28-14)13-16-7-9-17(24)10-8-16)21(30)25-23-27-26-20(32-23)11-15-5-3-2-4-6-15/h2-10,12H,11,13H2,1H3,(H,25,27,30). The fraction of sp³-hybridized carbons (Fsp3) is 0.130. The smallest absolute Gasteiger partial charge is 0.267 e. The molecule has 5 rings (SSSR count). The van der Waals surface area contributed by atoms with Crippen molar-refractivity contribution in [2.75, 3.05) is 5.32 Å². The molecule has 2 aromatic carbocycles. The van der Waals surface area contributed by atoms with Crippen molar-refractivity contribution in [2.24, 2.45) is 0 Å². The molecule has 1 amide bonds. The van der Waals surface area contributed by atoms with Crippen molar-refractivity contribution in [3.05, 3.63) is 92.4 Å². The summed E-state index contributed by atoms with van der Waals surface area (Å²) in [4.78, 5) is 14.4. The molecule has 0 radical (unpaired) electrons. The first-order valence-corrected chi connectivity index (χ1v) is 12.0. The van der Waals surface area contributed by atoms with Crippen LogP contribution in [0.1, 0.15) is 31.5 Å². The molecular weight excluding hydrogens is 462 g/mol. The molecule has 0 saturated carbocycles. The molecule has 9 heteroatoms. The van der Waals surface area contributed by atoms with Gasteiger partial charge in [0.1, 0.15) is 9.84 Å². The summed E-state index contributed by atoms with van der Waals surface area (Å²) in [5, 5.41) is 18.9. The first kappa shape index (κ1) is 20.8. The van der Waals surface area contributed by atoms with Crippen molar-refractivity contribution in [2.45, 2.75) is 19.9 Å². The lowest BCUT2D eigenvalue weighted by atomic mass is 10.2. The van der Waals surface area contributed by atoms with E-state index in [1.54, 1.807) is 0 Å². The Balaban J connectivity index is 1.32. The third kappa shape index (κ3) is 4.43. The molecule has 0 spiro atoms. The first-order valence-electron chi connectivity index (χ1n) is 9.94. The molecule has 3 heterocycles. The zero-order chi connectivity index (χ0) is 22.1. The number of fused-ring (bicyclic) bond motifs is 1. The van der Waals surface area contributed by atoms with Crippen molar-refractivity contribution >= 4 is 55.5 Å². The van der Waals surface area contributed by atoms with Crippen molar-refractivity contribution in [3.8, 4) is 0 Å². The Morgan fingerprint density at radius 2 is 1.81 bits per heavy atom. The Bertz CT molecular complexity index is 1390. The lowest BCUT2D eigenvalue weighted by Crippen LogP contribution is -2.09. The fourth-order valence-electron chi connectivity index (χ4n) is 3.40. The van der Waals surface area contributed by atoms with Crippen LogP contribution in [0.4, 0.5) is 5.13 Å². The summed E-state index contributed by atoms with van der Waals surface area (Å²) in [6, 6.07) is 19.7. The number of thiophene rings is 1. The number of halogens is 1. The van der Waals surface area contributed by atoms with Gasteiger partial charge < -0.3 is 0 Å².